The van der Waals surface area contributed by atoms with Crippen molar-refractivity contribution < 1.29 is 4.92 Å². The van der Waals surface area contributed by atoms with Gasteiger partial charge in [-0.2, -0.15) is 0 Å². The van der Waals surface area contributed by atoms with Crippen molar-refractivity contribution in [3.63, 3.8) is 0 Å². The van der Waals surface area contributed by atoms with E-state index in [0.29, 0.717) is 0 Å². The lowest BCUT2D eigenvalue weighted by Crippen LogP contribution is -2.31. The van der Waals surface area contributed by atoms with Gasteiger partial charge in [-0.25, -0.2) is 0 Å². The van der Waals surface area contributed by atoms with Gasteiger partial charge >= 0.3 is 0 Å². The molecule has 2 N–H and O–H groups in total. The summed E-state index contributed by atoms with van der Waals surface area (Å²) in [6.45, 7) is -0.0303. The Morgan fingerprint density at radius 3 is 2.22 bits per heavy atom. The number of halogens is 2. The number of nitrogens with two attached hydrogens (primary N) is 1. The van der Waals surface area contributed by atoms with Gasteiger partial charge in [0.25, 0.3) is 0 Å². The number of nitrogens with zero attached hydrogens (tertiary/aromatic N) is 1. The van der Waals surface area contributed by atoms with E-state index in [1.54, 1.807) is 0 Å². The fourth-order valence-corrected chi connectivity index (χ4v) is 0.663. The van der Waals surface area contributed by atoms with Crippen molar-refractivity contribution in [3.05, 3.63) is 10.1 Å². The third-order valence-electron chi connectivity index (χ3n) is 0.659. The van der Waals surface area contributed by atoms with Crippen LogP contribution in [0.1, 0.15) is 0 Å². The summed E-state index contributed by atoms with van der Waals surface area (Å²) in [5, 5.41) is 9.86. The zero-order valence-corrected chi connectivity index (χ0v) is 7.68. The highest BCUT2D eigenvalue weighted by Gasteiger charge is 2.26. The monoisotopic (exact) mass is 260 g/mol. The Bertz CT molecular complexity index is 116. The molecule has 0 heterocycles. The number of rotatable bonds is 3. The molecule has 0 atom stereocenters. The first kappa shape index (κ1) is 9.32. The Balaban J connectivity index is 3.71. The van der Waals surface area contributed by atoms with Crippen LogP contribution in [0.5, 0.6) is 0 Å². The van der Waals surface area contributed by atoms with Crippen molar-refractivity contribution in [3.8, 4) is 0 Å². The highest BCUT2D eigenvalue weighted by molar-refractivity contribution is 9.25. The van der Waals surface area contributed by atoms with Crippen LogP contribution >= 0.6 is 31.9 Å². The lowest BCUT2D eigenvalue weighted by atomic mass is 10.4. The molecule has 0 radical (unpaired) electrons. The SMILES string of the molecule is NCC(Br)(Br)C[N+](=O)[O-]. The molecule has 0 amide bonds. The molecule has 6 heteroatoms. The van der Waals surface area contributed by atoms with Gasteiger partial charge in [0, 0.05) is 11.5 Å². The molecule has 0 unspecified atom stereocenters. The third kappa shape index (κ3) is 4.80. The second kappa shape index (κ2) is 3.48. The lowest BCUT2D eigenvalue weighted by molar-refractivity contribution is -0.479. The predicted octanol–water partition coefficient (Wildman–Crippen LogP) is 0.708. The normalized spacial score (nSPS) is 11.4. The van der Waals surface area contributed by atoms with Gasteiger partial charge in [-0.1, -0.05) is 31.9 Å². The van der Waals surface area contributed by atoms with Crippen LogP contribution in [0.25, 0.3) is 0 Å². The largest absolute Gasteiger partial charge is 0.328 e. The molecule has 0 aliphatic rings. The van der Waals surface area contributed by atoms with Crippen molar-refractivity contribution in [2.45, 2.75) is 3.23 Å². The van der Waals surface area contributed by atoms with Crippen LogP contribution in [0.2, 0.25) is 0 Å². The molecule has 0 aromatic carbocycles. The zero-order chi connectivity index (χ0) is 7.49. The first-order chi connectivity index (χ1) is 3.98. The smallest absolute Gasteiger partial charge is 0.229 e. The summed E-state index contributed by atoms with van der Waals surface area (Å²) in [6, 6.07) is 0. The van der Waals surface area contributed by atoms with E-state index in [-0.39, 0.29) is 13.1 Å². The highest BCUT2D eigenvalue weighted by atomic mass is 79.9. The first-order valence-corrected chi connectivity index (χ1v) is 3.76. The van der Waals surface area contributed by atoms with Crippen molar-refractivity contribution in [1.29, 1.82) is 0 Å². The first-order valence-electron chi connectivity index (χ1n) is 2.17. The molecule has 0 rings (SSSR count). The predicted molar refractivity (Wildman–Crippen MR) is 41.5 cm³/mol. The van der Waals surface area contributed by atoms with Crippen LogP contribution in [0.4, 0.5) is 0 Å². The molecular formula is C3H6Br2N2O2. The summed E-state index contributed by atoms with van der Waals surface area (Å²) in [4.78, 5) is 9.43. The van der Waals surface area contributed by atoms with Crippen molar-refractivity contribution in [2.75, 3.05) is 13.1 Å². The van der Waals surface area contributed by atoms with Gasteiger partial charge in [0.15, 0.2) is 3.23 Å². The van der Waals surface area contributed by atoms with E-state index >= 15 is 0 Å². The average Bonchev–Trinajstić information content (AvgIpc) is 1.63. The topological polar surface area (TPSA) is 69.2 Å². The molecule has 0 fully saturated rings. The fraction of sp³-hybridized carbons (Fsp3) is 1.00. The molecule has 0 saturated carbocycles. The van der Waals surface area contributed by atoms with Crippen LogP contribution in [0.15, 0.2) is 0 Å². The van der Waals surface area contributed by atoms with Gasteiger partial charge in [0.2, 0.25) is 6.54 Å². The second-order valence-electron chi connectivity index (χ2n) is 1.55. The lowest BCUT2D eigenvalue weighted by Gasteiger charge is -2.10. The molecule has 0 saturated heterocycles. The fourth-order valence-electron chi connectivity index (χ4n) is 0.253. The summed E-state index contributed by atoms with van der Waals surface area (Å²) < 4.78 is -0.733. The Hall–Kier alpha value is 0.320. The van der Waals surface area contributed by atoms with Gasteiger partial charge in [-0.3, -0.25) is 10.1 Å². The van der Waals surface area contributed by atoms with E-state index in [9.17, 15) is 10.1 Å². The summed E-state index contributed by atoms with van der Waals surface area (Å²) in [7, 11) is 0. The minimum absolute atomic E-state index is 0.188. The molecule has 0 aromatic heterocycles. The van der Waals surface area contributed by atoms with Gasteiger partial charge in [-0.05, 0) is 0 Å². The van der Waals surface area contributed by atoms with Crippen molar-refractivity contribution in [2.24, 2.45) is 5.73 Å². The minimum Gasteiger partial charge on any atom is -0.328 e. The van der Waals surface area contributed by atoms with E-state index in [1.807, 2.05) is 0 Å². The van der Waals surface area contributed by atoms with Gasteiger partial charge in [0.05, 0.1) is 0 Å². The van der Waals surface area contributed by atoms with E-state index in [2.05, 4.69) is 31.9 Å². The van der Waals surface area contributed by atoms with E-state index in [4.69, 9.17) is 5.73 Å². The Morgan fingerprint density at radius 1 is 1.67 bits per heavy atom. The summed E-state index contributed by atoms with van der Waals surface area (Å²) in [6.07, 6.45) is 0. The summed E-state index contributed by atoms with van der Waals surface area (Å²) in [5.41, 5.74) is 5.16. The van der Waals surface area contributed by atoms with Crippen molar-refractivity contribution in [1.82, 2.24) is 0 Å². The maximum atomic E-state index is 9.86. The third-order valence-corrected chi connectivity index (χ3v) is 1.81. The number of alkyl halides is 2. The van der Waals surface area contributed by atoms with Crippen LogP contribution in [0, 0.1) is 10.1 Å². The second-order valence-corrected chi connectivity index (χ2v) is 5.65. The van der Waals surface area contributed by atoms with Gasteiger partial charge in [0.1, 0.15) is 0 Å². The van der Waals surface area contributed by atoms with Gasteiger partial charge in [-0.15, -0.1) is 0 Å². The molecule has 0 aromatic rings. The van der Waals surface area contributed by atoms with E-state index in [0.717, 1.165) is 0 Å². The Kier molecular flexibility index (Phi) is 3.60. The van der Waals surface area contributed by atoms with Crippen LogP contribution in [-0.4, -0.2) is 21.2 Å². The number of hydrogen-bond acceptors (Lipinski definition) is 3. The maximum absolute atomic E-state index is 9.86. The number of nitro groups is 1. The Labute approximate surface area is 69.2 Å². The molecule has 0 aliphatic carbocycles. The molecule has 0 aliphatic heterocycles. The average molecular weight is 262 g/mol. The van der Waals surface area contributed by atoms with E-state index in [1.165, 1.54) is 0 Å². The molecular weight excluding hydrogens is 256 g/mol. The van der Waals surface area contributed by atoms with Crippen LogP contribution in [-0.2, 0) is 0 Å². The number of hydrogen-bond donors (Lipinski definition) is 1. The molecule has 0 spiro atoms. The quantitative estimate of drug-likeness (QED) is 0.462. The maximum Gasteiger partial charge on any atom is 0.229 e. The van der Waals surface area contributed by atoms with E-state index < -0.39 is 8.16 Å². The molecule has 54 valence electrons. The molecule has 4 nitrogen and oxygen atoms in total. The molecule has 0 bridgehead atoms. The van der Waals surface area contributed by atoms with Gasteiger partial charge < -0.3 is 5.73 Å². The molecule has 9 heavy (non-hydrogen) atoms. The standard InChI is InChI=1S/C3H6Br2N2O2/c4-3(5,1-6)2-7(8)9/h1-2,6H2. The van der Waals surface area contributed by atoms with Crippen molar-refractivity contribution >= 4 is 31.9 Å². The van der Waals surface area contributed by atoms with Crippen LogP contribution < -0.4 is 5.73 Å². The van der Waals surface area contributed by atoms with Crippen LogP contribution in [0.3, 0.4) is 0 Å². The highest BCUT2D eigenvalue weighted by Crippen LogP contribution is 2.24. The zero-order valence-electron chi connectivity index (χ0n) is 4.51. The Morgan fingerprint density at radius 2 is 2.11 bits per heavy atom. The summed E-state index contributed by atoms with van der Waals surface area (Å²) in [5.74, 6) is 0. The minimum atomic E-state index is -0.733. The summed E-state index contributed by atoms with van der Waals surface area (Å²) >= 11 is 6.06.